The van der Waals surface area contributed by atoms with Crippen molar-refractivity contribution in [1.29, 1.82) is 0 Å². The monoisotopic (exact) mass is 588 g/mol. The van der Waals surface area contributed by atoms with Gasteiger partial charge in [0.05, 0.1) is 29.4 Å². The molecule has 6 atom stereocenters. The number of hydrogen-bond donors (Lipinski definition) is 4. The predicted molar refractivity (Wildman–Crippen MR) is 159 cm³/mol. The lowest BCUT2D eigenvalue weighted by Gasteiger charge is -2.52. The van der Waals surface area contributed by atoms with Crippen molar-refractivity contribution in [1.82, 2.24) is 4.90 Å². The average Bonchev–Trinajstić information content (AvgIpc) is 2.90. The highest BCUT2D eigenvalue weighted by atomic mass is 16.3. The van der Waals surface area contributed by atoms with Crippen LogP contribution in [0.25, 0.3) is 11.1 Å². The Bertz CT molecular complexity index is 1570. The molecule has 226 valence electrons. The van der Waals surface area contributed by atoms with E-state index in [1.165, 1.54) is 11.0 Å². The molecule has 43 heavy (non-hydrogen) atoms. The van der Waals surface area contributed by atoms with Gasteiger partial charge in [0, 0.05) is 11.6 Å². The molecule has 0 aliphatic heterocycles. The van der Waals surface area contributed by atoms with Gasteiger partial charge in [0.25, 0.3) is 0 Å². The molecule has 5 N–H and O–H groups in total. The molecule has 3 unspecified atom stereocenters. The average molecular weight is 589 g/mol. The first-order valence-electron chi connectivity index (χ1n) is 14.2. The molecular weight excluding hydrogens is 552 g/mol. The zero-order chi connectivity index (χ0) is 31.6. The lowest BCUT2D eigenvalue weighted by molar-refractivity contribution is -0.181. The Morgan fingerprint density at radius 1 is 1.07 bits per heavy atom. The summed E-state index contributed by atoms with van der Waals surface area (Å²) in [5.41, 5.74) is 5.17. The van der Waals surface area contributed by atoms with Gasteiger partial charge in [-0.2, -0.15) is 0 Å². The fourth-order valence-corrected chi connectivity index (χ4v) is 6.92. The number of fused-ring (bicyclic) bond motifs is 3. The molecule has 3 aliphatic carbocycles. The van der Waals surface area contributed by atoms with Crippen LogP contribution in [0.15, 0.2) is 41.4 Å². The number of nitrogens with two attached hydrogens (primary N) is 1. The Morgan fingerprint density at radius 3 is 2.30 bits per heavy atom. The standard InChI is InChI=1S/C32H36N4O7/c1-31(2,3)35-14-34-17-8-6-15(7-9-17)18-10-11-21(37)23-19(18)12-16-13-20-25(36(4)5)27(39)24(30(33)42)29(41)32(20,43)28(40)22(16)26(23)38/h6-11,14,16,20,22,24-25,37,43H,12-13H2,1-5H3,(H2,33,42)(H,34,35)/t16-,20-,22?,24?,25?,32-/m1/s1. The summed E-state index contributed by atoms with van der Waals surface area (Å²) in [7, 11) is 3.11. The van der Waals surface area contributed by atoms with E-state index in [1.807, 2.05) is 45.0 Å². The minimum atomic E-state index is -2.75. The molecule has 11 heteroatoms. The van der Waals surface area contributed by atoms with Crippen molar-refractivity contribution < 1.29 is 34.2 Å². The number of carbonyl (C=O) groups is 5. The van der Waals surface area contributed by atoms with Crippen molar-refractivity contribution >= 4 is 41.1 Å². The van der Waals surface area contributed by atoms with Crippen LogP contribution in [0.1, 0.15) is 43.1 Å². The van der Waals surface area contributed by atoms with E-state index < -0.39 is 64.4 Å². The Labute approximate surface area is 249 Å². The zero-order valence-corrected chi connectivity index (χ0v) is 24.7. The fraction of sp³-hybridized carbons (Fsp3) is 0.438. The minimum Gasteiger partial charge on any atom is -0.507 e. The third kappa shape index (κ3) is 4.86. The van der Waals surface area contributed by atoms with E-state index in [0.29, 0.717) is 11.1 Å². The molecule has 0 bridgehead atoms. The molecule has 0 radical (unpaired) electrons. The Hall–Kier alpha value is -4.22. The summed E-state index contributed by atoms with van der Waals surface area (Å²) in [6, 6.07) is 9.40. The number of nitrogens with one attached hydrogen (secondary N) is 1. The van der Waals surface area contributed by atoms with E-state index in [9.17, 15) is 34.2 Å². The minimum absolute atomic E-state index is 0.00500. The van der Waals surface area contributed by atoms with Crippen LogP contribution in [0.4, 0.5) is 5.69 Å². The summed E-state index contributed by atoms with van der Waals surface area (Å²) < 4.78 is 0. The topological polar surface area (TPSA) is 179 Å². The molecule has 2 aromatic carbocycles. The van der Waals surface area contributed by atoms with Crippen molar-refractivity contribution in [2.24, 2.45) is 34.4 Å². The number of Topliss-reactive ketones (excluding diaryl/α,β-unsaturated/α-hetero) is 4. The number of primary amides is 1. The van der Waals surface area contributed by atoms with Gasteiger partial charge in [0.2, 0.25) is 5.91 Å². The first kappa shape index (κ1) is 30.2. The van der Waals surface area contributed by atoms with Crippen molar-refractivity contribution in [3.63, 3.8) is 0 Å². The molecule has 3 aliphatic rings. The number of hydrogen-bond acceptors (Lipinski definition) is 9. The maximum absolute atomic E-state index is 14.0. The van der Waals surface area contributed by atoms with E-state index in [0.717, 1.165) is 11.3 Å². The SMILES string of the molecule is CN(C)C1C(=O)C(C(N)=O)C(=O)[C@]2(O)C(=O)C3C(=O)c4c(O)ccc(-c5ccc(NC=NC(C)(C)C)cc5)c4C[C@@H]3C[C@H]12. The molecule has 5 rings (SSSR count). The van der Waals surface area contributed by atoms with Crippen LogP contribution in [0.2, 0.25) is 0 Å². The molecule has 2 aromatic rings. The molecule has 2 saturated carbocycles. The largest absolute Gasteiger partial charge is 0.507 e. The van der Waals surface area contributed by atoms with E-state index in [2.05, 4.69) is 10.3 Å². The van der Waals surface area contributed by atoms with E-state index >= 15 is 0 Å². The Morgan fingerprint density at radius 2 is 1.72 bits per heavy atom. The highest BCUT2D eigenvalue weighted by Gasteiger charge is 2.69. The van der Waals surface area contributed by atoms with Gasteiger partial charge in [-0.25, -0.2) is 0 Å². The van der Waals surface area contributed by atoms with Gasteiger partial charge in [-0.15, -0.1) is 0 Å². The molecule has 0 aromatic heterocycles. The number of phenolic OH excluding ortho intramolecular Hbond substituents is 1. The van der Waals surface area contributed by atoms with E-state index in [1.54, 1.807) is 26.5 Å². The summed E-state index contributed by atoms with van der Waals surface area (Å²) in [5, 5.41) is 25.6. The number of likely N-dealkylation sites (N-methyl/N-ethyl adjacent to an activating group) is 1. The van der Waals surface area contributed by atoms with Crippen molar-refractivity contribution in [3.8, 4) is 16.9 Å². The number of amides is 1. The number of aromatic hydroxyl groups is 1. The van der Waals surface area contributed by atoms with Crippen LogP contribution >= 0.6 is 0 Å². The maximum atomic E-state index is 14.0. The second-order valence-corrected chi connectivity index (χ2v) is 12.9. The Kier molecular flexibility index (Phi) is 7.38. The predicted octanol–water partition coefficient (Wildman–Crippen LogP) is 1.77. The van der Waals surface area contributed by atoms with Crippen molar-refractivity contribution in [2.45, 2.75) is 50.8 Å². The quantitative estimate of drug-likeness (QED) is 0.230. The third-order valence-corrected chi connectivity index (χ3v) is 8.82. The third-order valence-electron chi connectivity index (χ3n) is 8.82. The highest BCUT2D eigenvalue weighted by molar-refractivity contribution is 6.32. The molecule has 0 saturated heterocycles. The molecule has 0 heterocycles. The summed E-state index contributed by atoms with van der Waals surface area (Å²) >= 11 is 0. The van der Waals surface area contributed by atoms with Crippen LogP contribution in [-0.2, 0) is 25.6 Å². The van der Waals surface area contributed by atoms with Crippen molar-refractivity contribution in [3.05, 3.63) is 47.5 Å². The van der Waals surface area contributed by atoms with Gasteiger partial charge < -0.3 is 21.3 Å². The first-order valence-corrected chi connectivity index (χ1v) is 14.2. The molecule has 2 fully saturated rings. The van der Waals surface area contributed by atoms with Crippen LogP contribution in [0, 0.1) is 23.7 Å². The number of phenols is 1. The number of rotatable bonds is 5. The lowest BCUT2D eigenvalue weighted by atomic mass is 9.52. The first-order chi connectivity index (χ1) is 20.1. The summed E-state index contributed by atoms with van der Waals surface area (Å²) in [5.74, 6) is -10.7. The van der Waals surface area contributed by atoms with E-state index in [4.69, 9.17) is 5.73 Å². The number of benzene rings is 2. The molecule has 11 nitrogen and oxygen atoms in total. The Balaban J connectivity index is 1.54. The number of ketones is 4. The van der Waals surface area contributed by atoms with Crippen molar-refractivity contribution in [2.75, 3.05) is 19.4 Å². The normalized spacial score (nSPS) is 29.0. The van der Waals surface area contributed by atoms with Gasteiger partial charge in [0.15, 0.2) is 34.7 Å². The van der Waals surface area contributed by atoms with Crippen LogP contribution in [0.5, 0.6) is 5.75 Å². The summed E-state index contributed by atoms with van der Waals surface area (Å²) in [4.78, 5) is 72.6. The summed E-state index contributed by atoms with van der Waals surface area (Å²) in [6.45, 7) is 5.95. The van der Waals surface area contributed by atoms with Gasteiger partial charge in [-0.1, -0.05) is 18.2 Å². The van der Waals surface area contributed by atoms with Crippen LogP contribution in [0.3, 0.4) is 0 Å². The van der Waals surface area contributed by atoms with Gasteiger partial charge in [-0.05, 0) is 88.5 Å². The maximum Gasteiger partial charge on any atom is 0.235 e. The number of nitrogens with zero attached hydrogens (tertiary/aromatic N) is 2. The second kappa shape index (κ2) is 10.5. The zero-order valence-electron chi connectivity index (χ0n) is 24.7. The number of carbonyl (C=O) groups excluding carboxylic acids is 5. The molecule has 0 spiro atoms. The highest BCUT2D eigenvalue weighted by Crippen LogP contribution is 2.51. The fourth-order valence-electron chi connectivity index (χ4n) is 6.92. The van der Waals surface area contributed by atoms with Gasteiger partial charge in [-0.3, -0.25) is 33.9 Å². The molecular formula is C32H36N4O7. The number of anilines is 1. The van der Waals surface area contributed by atoms with Crippen LogP contribution < -0.4 is 11.1 Å². The van der Waals surface area contributed by atoms with E-state index in [-0.39, 0.29) is 29.7 Å². The smallest absolute Gasteiger partial charge is 0.235 e. The lowest BCUT2D eigenvalue weighted by Crippen LogP contribution is -2.74. The number of aliphatic hydroxyl groups is 1. The second-order valence-electron chi connectivity index (χ2n) is 12.9. The summed E-state index contributed by atoms with van der Waals surface area (Å²) in [6.07, 6.45) is 1.81. The van der Waals surface area contributed by atoms with Gasteiger partial charge >= 0.3 is 0 Å². The van der Waals surface area contributed by atoms with Gasteiger partial charge in [0.1, 0.15) is 5.75 Å². The van der Waals surface area contributed by atoms with Crippen LogP contribution in [-0.4, -0.2) is 81.8 Å². The molecule has 1 amide bonds. The number of aliphatic imine (C=N–C) groups is 1.